The number of pyridine rings is 1. The topological polar surface area (TPSA) is 65.5 Å². The average Bonchev–Trinajstić information content (AvgIpc) is 3.49. The number of nitrogens with one attached hydrogen (secondary N) is 1. The van der Waals surface area contributed by atoms with E-state index >= 15 is 0 Å². The van der Waals surface area contributed by atoms with Crippen molar-refractivity contribution >= 4 is 12.0 Å². The SMILES string of the molecule is CC/C(=C\c1ccccc1)C1CC1NC1CC2(C1)CN(Cc1ccc(C(=O)O)cn1)C2. The number of hydrogen-bond acceptors (Lipinski definition) is 4. The Labute approximate surface area is 184 Å². The Hall–Kier alpha value is -2.50. The molecule has 0 amide bonds. The molecule has 2 saturated carbocycles. The largest absolute Gasteiger partial charge is 0.478 e. The van der Waals surface area contributed by atoms with Crippen LogP contribution in [0.2, 0.25) is 0 Å². The van der Waals surface area contributed by atoms with E-state index in [9.17, 15) is 4.79 Å². The van der Waals surface area contributed by atoms with Gasteiger partial charge < -0.3 is 10.4 Å². The average molecular weight is 418 g/mol. The monoisotopic (exact) mass is 417 g/mol. The second kappa shape index (κ2) is 8.21. The van der Waals surface area contributed by atoms with Crippen LogP contribution in [0.1, 0.15) is 54.2 Å². The van der Waals surface area contributed by atoms with Crippen molar-refractivity contribution in [2.45, 2.75) is 51.2 Å². The van der Waals surface area contributed by atoms with E-state index in [2.05, 4.69) is 58.5 Å². The van der Waals surface area contributed by atoms with Gasteiger partial charge in [0.25, 0.3) is 0 Å². The smallest absolute Gasteiger partial charge is 0.337 e. The highest BCUT2D eigenvalue weighted by atomic mass is 16.4. The van der Waals surface area contributed by atoms with Crippen molar-refractivity contribution in [1.82, 2.24) is 15.2 Å². The number of nitrogens with zero attached hydrogens (tertiary/aromatic N) is 2. The minimum absolute atomic E-state index is 0.250. The molecule has 2 aromatic rings. The highest BCUT2D eigenvalue weighted by Gasteiger charge is 2.53. The molecule has 3 fully saturated rings. The molecule has 5 nitrogen and oxygen atoms in total. The Kier molecular flexibility index (Phi) is 5.40. The lowest BCUT2D eigenvalue weighted by atomic mass is 9.60. The third-order valence-electron chi connectivity index (χ3n) is 7.21. The summed E-state index contributed by atoms with van der Waals surface area (Å²) in [5.74, 6) is -0.214. The van der Waals surface area contributed by atoms with Crippen molar-refractivity contribution in [1.29, 1.82) is 0 Å². The second-order valence-corrected chi connectivity index (χ2v) is 9.69. The Balaban J connectivity index is 1.05. The molecule has 5 rings (SSSR count). The summed E-state index contributed by atoms with van der Waals surface area (Å²) >= 11 is 0. The van der Waals surface area contributed by atoms with Gasteiger partial charge in [-0.3, -0.25) is 9.88 Å². The molecule has 0 radical (unpaired) electrons. The number of aromatic carboxylic acids is 1. The van der Waals surface area contributed by atoms with E-state index in [1.807, 2.05) is 6.07 Å². The van der Waals surface area contributed by atoms with Gasteiger partial charge in [-0.25, -0.2) is 4.79 Å². The fraction of sp³-hybridized carbons (Fsp3) is 0.462. The van der Waals surface area contributed by atoms with Gasteiger partial charge in [0.1, 0.15) is 0 Å². The molecule has 2 unspecified atom stereocenters. The minimum atomic E-state index is -0.922. The zero-order valence-electron chi connectivity index (χ0n) is 18.1. The van der Waals surface area contributed by atoms with E-state index in [-0.39, 0.29) is 5.56 Å². The van der Waals surface area contributed by atoms with Gasteiger partial charge in [-0.15, -0.1) is 0 Å². The Bertz CT molecular complexity index is 956. The first kappa shape index (κ1) is 20.4. The molecule has 2 N–H and O–H groups in total. The van der Waals surface area contributed by atoms with Crippen LogP contribution in [0, 0.1) is 11.3 Å². The molecular weight excluding hydrogens is 386 g/mol. The molecule has 1 aromatic heterocycles. The lowest BCUT2D eigenvalue weighted by Gasteiger charge is -2.59. The van der Waals surface area contributed by atoms with Crippen LogP contribution in [0.15, 0.2) is 54.2 Å². The molecule has 5 heteroatoms. The van der Waals surface area contributed by atoms with Crippen LogP contribution in [0.3, 0.4) is 0 Å². The molecule has 0 bridgehead atoms. The maximum atomic E-state index is 10.9. The number of aromatic nitrogens is 1. The molecule has 3 aliphatic rings. The van der Waals surface area contributed by atoms with Crippen LogP contribution in [-0.2, 0) is 6.54 Å². The first-order chi connectivity index (χ1) is 15.0. The van der Waals surface area contributed by atoms with Crippen LogP contribution in [-0.4, -0.2) is 46.1 Å². The molecule has 31 heavy (non-hydrogen) atoms. The Morgan fingerprint density at radius 2 is 2.00 bits per heavy atom. The number of rotatable bonds is 8. The molecule has 2 aliphatic carbocycles. The van der Waals surface area contributed by atoms with Crippen LogP contribution in [0.4, 0.5) is 0 Å². The molecule has 1 saturated heterocycles. The van der Waals surface area contributed by atoms with Gasteiger partial charge in [-0.05, 0) is 54.7 Å². The Morgan fingerprint density at radius 1 is 1.23 bits per heavy atom. The molecular formula is C26H31N3O2. The zero-order valence-corrected chi connectivity index (χ0v) is 18.1. The van der Waals surface area contributed by atoms with Crippen molar-refractivity contribution < 1.29 is 9.90 Å². The van der Waals surface area contributed by atoms with Crippen molar-refractivity contribution in [2.24, 2.45) is 11.3 Å². The normalized spacial score (nSPS) is 25.1. The van der Waals surface area contributed by atoms with Crippen LogP contribution in [0.25, 0.3) is 6.08 Å². The third-order valence-corrected chi connectivity index (χ3v) is 7.21. The summed E-state index contributed by atoms with van der Waals surface area (Å²) in [6, 6.07) is 15.5. The van der Waals surface area contributed by atoms with Crippen molar-refractivity contribution in [2.75, 3.05) is 13.1 Å². The van der Waals surface area contributed by atoms with E-state index in [1.165, 1.54) is 31.0 Å². The van der Waals surface area contributed by atoms with Crippen molar-refractivity contribution in [3.05, 3.63) is 71.1 Å². The van der Waals surface area contributed by atoms with Crippen molar-refractivity contribution in [3.8, 4) is 0 Å². The second-order valence-electron chi connectivity index (χ2n) is 9.69. The van der Waals surface area contributed by atoms with E-state index in [4.69, 9.17) is 5.11 Å². The predicted octanol–water partition coefficient (Wildman–Crippen LogP) is 4.22. The van der Waals surface area contributed by atoms with E-state index < -0.39 is 5.97 Å². The highest BCUT2D eigenvalue weighted by molar-refractivity contribution is 5.87. The standard InChI is InChI=1S/C26H31N3O2/c1-2-19(10-18-6-4-3-5-7-18)23-11-24(23)28-22-12-26(13-22)16-29(17-26)15-21-9-8-20(14-27-21)25(30)31/h3-10,14,22-24,28H,2,11-13,15-17H2,1H3,(H,30,31)/b19-10+. The van der Waals surface area contributed by atoms with Crippen LogP contribution in [0.5, 0.6) is 0 Å². The van der Waals surface area contributed by atoms with E-state index in [1.54, 1.807) is 11.6 Å². The number of likely N-dealkylation sites (tertiary alicyclic amines) is 1. The Morgan fingerprint density at radius 3 is 2.65 bits per heavy atom. The van der Waals surface area contributed by atoms with Gasteiger partial charge in [0.2, 0.25) is 0 Å². The van der Waals surface area contributed by atoms with Gasteiger partial charge in [-0.1, -0.05) is 48.9 Å². The van der Waals surface area contributed by atoms with Gasteiger partial charge in [-0.2, -0.15) is 0 Å². The fourth-order valence-electron chi connectivity index (χ4n) is 5.58. The molecule has 1 aliphatic heterocycles. The highest BCUT2D eigenvalue weighted by Crippen LogP contribution is 2.50. The van der Waals surface area contributed by atoms with Crippen LogP contribution < -0.4 is 5.32 Å². The predicted molar refractivity (Wildman–Crippen MR) is 122 cm³/mol. The van der Waals surface area contributed by atoms with E-state index in [0.717, 1.165) is 31.7 Å². The molecule has 1 spiro atoms. The van der Waals surface area contributed by atoms with Gasteiger partial charge in [0.05, 0.1) is 11.3 Å². The maximum absolute atomic E-state index is 10.9. The summed E-state index contributed by atoms with van der Waals surface area (Å²) in [4.78, 5) is 17.7. The molecule has 1 aromatic carbocycles. The molecule has 2 atom stereocenters. The molecule has 2 heterocycles. The quantitative estimate of drug-likeness (QED) is 0.673. The number of hydrogen-bond donors (Lipinski definition) is 2. The van der Waals surface area contributed by atoms with E-state index in [0.29, 0.717) is 23.4 Å². The summed E-state index contributed by atoms with van der Waals surface area (Å²) in [6.45, 7) is 5.36. The summed E-state index contributed by atoms with van der Waals surface area (Å²) in [5.41, 5.74) is 4.59. The minimum Gasteiger partial charge on any atom is -0.478 e. The summed E-state index contributed by atoms with van der Waals surface area (Å²) in [5, 5.41) is 12.9. The zero-order chi connectivity index (χ0) is 21.4. The summed E-state index contributed by atoms with van der Waals surface area (Å²) in [6.07, 6.45) is 8.81. The molecule has 162 valence electrons. The van der Waals surface area contributed by atoms with Gasteiger partial charge in [0, 0.05) is 37.9 Å². The number of carboxylic acid groups (broad SMARTS) is 1. The number of carboxylic acids is 1. The lowest BCUT2D eigenvalue weighted by molar-refractivity contribution is -0.0838. The maximum Gasteiger partial charge on any atom is 0.337 e. The lowest BCUT2D eigenvalue weighted by Crippen LogP contribution is -2.65. The summed E-state index contributed by atoms with van der Waals surface area (Å²) < 4.78 is 0. The van der Waals surface area contributed by atoms with Crippen LogP contribution >= 0.6 is 0 Å². The van der Waals surface area contributed by atoms with Gasteiger partial charge >= 0.3 is 5.97 Å². The van der Waals surface area contributed by atoms with Gasteiger partial charge in [0.15, 0.2) is 0 Å². The number of benzene rings is 1. The van der Waals surface area contributed by atoms with Crippen molar-refractivity contribution in [3.63, 3.8) is 0 Å². The fourth-order valence-corrected chi connectivity index (χ4v) is 5.58. The first-order valence-electron chi connectivity index (χ1n) is 11.5. The third kappa shape index (κ3) is 4.43. The first-order valence-corrected chi connectivity index (χ1v) is 11.5. The number of carbonyl (C=O) groups is 1. The summed E-state index contributed by atoms with van der Waals surface area (Å²) in [7, 11) is 0.